The van der Waals surface area contributed by atoms with E-state index in [1.165, 1.54) is 4.90 Å². The molecule has 1 unspecified atom stereocenters. The monoisotopic (exact) mass is 529 g/mol. The van der Waals surface area contributed by atoms with Crippen molar-refractivity contribution in [3.8, 4) is 5.75 Å². The molecule has 198 valence electrons. The third kappa shape index (κ3) is 4.62. The molecule has 7 nitrogen and oxygen atoms in total. The first-order valence-electron chi connectivity index (χ1n) is 13.0. The zero-order chi connectivity index (χ0) is 27.6. The number of aliphatic hydroxyl groups excluding tert-OH is 1. The summed E-state index contributed by atoms with van der Waals surface area (Å²) < 4.78 is 7.79. The molecule has 1 atom stereocenters. The molecule has 7 heteroatoms. The van der Waals surface area contributed by atoms with Crippen LogP contribution >= 0.6 is 0 Å². The topological polar surface area (TPSA) is 84.1 Å². The number of aliphatic hydroxyl groups is 1. The molecule has 0 saturated carbocycles. The van der Waals surface area contributed by atoms with Gasteiger partial charge in [0.05, 0.1) is 17.3 Å². The lowest BCUT2D eigenvalue weighted by molar-refractivity contribution is -0.140. The van der Waals surface area contributed by atoms with Crippen LogP contribution in [0.4, 0.5) is 0 Å². The van der Waals surface area contributed by atoms with Gasteiger partial charge in [-0.25, -0.2) is 4.98 Å². The molecule has 0 spiro atoms. The Morgan fingerprint density at radius 2 is 1.57 bits per heavy atom. The second-order valence-electron chi connectivity index (χ2n) is 9.73. The highest BCUT2D eigenvalue weighted by Crippen LogP contribution is 2.41. The minimum absolute atomic E-state index is 0.0230. The number of benzene rings is 3. The lowest BCUT2D eigenvalue weighted by Gasteiger charge is -2.26. The molecule has 1 aliphatic heterocycles. The zero-order valence-corrected chi connectivity index (χ0v) is 21.9. The van der Waals surface area contributed by atoms with Gasteiger partial charge in [0.2, 0.25) is 0 Å². The average molecular weight is 530 g/mol. The van der Waals surface area contributed by atoms with E-state index in [0.717, 1.165) is 11.1 Å². The van der Waals surface area contributed by atoms with E-state index < -0.39 is 17.7 Å². The van der Waals surface area contributed by atoms with Gasteiger partial charge in [-0.1, -0.05) is 78.9 Å². The number of pyridine rings is 1. The summed E-state index contributed by atoms with van der Waals surface area (Å²) in [5, 5.41) is 11.7. The summed E-state index contributed by atoms with van der Waals surface area (Å²) in [6.07, 6.45) is 1.78. The van der Waals surface area contributed by atoms with Crippen LogP contribution in [0.1, 0.15) is 34.1 Å². The van der Waals surface area contributed by atoms with Gasteiger partial charge in [0.15, 0.2) is 5.76 Å². The van der Waals surface area contributed by atoms with Gasteiger partial charge in [-0.15, -0.1) is 0 Å². The number of aryl methyl sites for hydroxylation is 1. The molecule has 1 fully saturated rings. The maximum absolute atomic E-state index is 13.6. The number of amides is 1. The van der Waals surface area contributed by atoms with E-state index in [4.69, 9.17) is 4.74 Å². The Labute approximate surface area is 231 Å². The lowest BCUT2D eigenvalue weighted by Crippen LogP contribution is -2.29. The van der Waals surface area contributed by atoms with Gasteiger partial charge in [0.25, 0.3) is 11.7 Å². The minimum Gasteiger partial charge on any atom is -0.505 e. The van der Waals surface area contributed by atoms with Crippen molar-refractivity contribution < 1.29 is 19.4 Å². The summed E-state index contributed by atoms with van der Waals surface area (Å²) in [4.78, 5) is 33.2. The number of imidazole rings is 1. The van der Waals surface area contributed by atoms with Gasteiger partial charge in [-0.2, -0.15) is 0 Å². The molecular formula is C33H27N3O4. The fourth-order valence-corrected chi connectivity index (χ4v) is 5.21. The maximum atomic E-state index is 13.6. The van der Waals surface area contributed by atoms with Crippen molar-refractivity contribution in [3.05, 3.63) is 143 Å². The highest BCUT2D eigenvalue weighted by atomic mass is 16.5. The number of carbonyl (C=O) groups is 2. The van der Waals surface area contributed by atoms with Crippen LogP contribution in [0.15, 0.2) is 115 Å². The predicted molar refractivity (Wildman–Crippen MR) is 151 cm³/mol. The smallest absolute Gasteiger partial charge is 0.295 e. The maximum Gasteiger partial charge on any atom is 0.295 e. The number of Topliss-reactive ketones (excluding diaryl/α,β-unsaturated/α-hetero) is 1. The number of ketones is 1. The summed E-state index contributed by atoms with van der Waals surface area (Å²) in [5.41, 5.74) is 4.14. The van der Waals surface area contributed by atoms with Crippen LogP contribution < -0.4 is 4.74 Å². The average Bonchev–Trinajstić information content (AvgIpc) is 3.45. The Morgan fingerprint density at radius 1 is 0.875 bits per heavy atom. The second-order valence-corrected chi connectivity index (χ2v) is 9.73. The molecule has 40 heavy (non-hydrogen) atoms. The third-order valence-corrected chi connectivity index (χ3v) is 7.09. The summed E-state index contributed by atoms with van der Waals surface area (Å²) >= 11 is 0. The summed E-state index contributed by atoms with van der Waals surface area (Å²) in [7, 11) is 0. The van der Waals surface area contributed by atoms with Gasteiger partial charge in [0, 0.05) is 12.7 Å². The van der Waals surface area contributed by atoms with Crippen LogP contribution in [0, 0.1) is 6.92 Å². The van der Waals surface area contributed by atoms with Crippen LogP contribution in [-0.4, -0.2) is 31.1 Å². The van der Waals surface area contributed by atoms with Crippen molar-refractivity contribution in [2.45, 2.75) is 26.1 Å². The first kappa shape index (κ1) is 25.1. The number of likely N-dealkylation sites (tertiary alicyclic amines) is 1. The molecule has 1 amide bonds. The molecular weight excluding hydrogens is 502 g/mol. The number of nitrogens with zero attached hydrogens (tertiary/aromatic N) is 3. The molecule has 3 aromatic carbocycles. The summed E-state index contributed by atoms with van der Waals surface area (Å²) in [6, 6.07) is 31.3. The molecule has 2 aromatic heterocycles. The number of ether oxygens (including phenoxy) is 1. The number of hydrogen-bond acceptors (Lipinski definition) is 5. The lowest BCUT2D eigenvalue weighted by atomic mass is 9.96. The van der Waals surface area contributed by atoms with Gasteiger partial charge < -0.3 is 14.7 Å². The van der Waals surface area contributed by atoms with E-state index in [-0.39, 0.29) is 17.9 Å². The highest BCUT2D eigenvalue weighted by molar-refractivity contribution is 6.46. The van der Waals surface area contributed by atoms with Gasteiger partial charge in [0.1, 0.15) is 23.7 Å². The molecule has 1 saturated heterocycles. The number of fused-ring (bicyclic) bond motifs is 1. The quantitative estimate of drug-likeness (QED) is 0.163. The molecule has 6 rings (SSSR count). The van der Waals surface area contributed by atoms with Gasteiger partial charge in [-0.05, 0) is 47.9 Å². The van der Waals surface area contributed by atoms with Crippen LogP contribution in [0.25, 0.3) is 11.4 Å². The van der Waals surface area contributed by atoms with E-state index in [0.29, 0.717) is 35.0 Å². The van der Waals surface area contributed by atoms with E-state index in [1.54, 1.807) is 17.5 Å². The largest absolute Gasteiger partial charge is 0.505 e. The first-order chi connectivity index (χ1) is 19.5. The Bertz CT molecular complexity index is 1740. The number of carbonyl (C=O) groups excluding carboxylic acids is 2. The second kappa shape index (κ2) is 10.5. The van der Waals surface area contributed by atoms with Crippen molar-refractivity contribution in [1.29, 1.82) is 0 Å². The number of aromatic nitrogens is 2. The molecule has 3 heterocycles. The Hall–Kier alpha value is -5.17. The first-order valence-corrected chi connectivity index (χ1v) is 13.0. The standard InChI is InChI=1S/C33H27N3O4/c1-22-29(35-18-9-8-17-27(35)34-22)31(37)28-30(36(33(39)32(28)38)20-23-11-4-2-5-12-23)25-15-10-16-26(19-25)40-21-24-13-6-3-7-14-24/h2-19,30,37H,20-21H2,1H3. The number of rotatable bonds is 7. The van der Waals surface area contributed by atoms with Gasteiger partial charge in [-0.3, -0.25) is 14.0 Å². The molecule has 5 aromatic rings. The molecule has 1 N–H and O–H groups in total. The summed E-state index contributed by atoms with van der Waals surface area (Å²) in [6.45, 7) is 2.35. The predicted octanol–water partition coefficient (Wildman–Crippen LogP) is 5.84. The molecule has 1 aliphatic rings. The SMILES string of the molecule is Cc1nc2ccccn2c1C(O)=C1C(=O)C(=O)N(Cc2ccccc2)C1c1cccc(OCc2ccccc2)c1. The Kier molecular flexibility index (Phi) is 6.62. The summed E-state index contributed by atoms with van der Waals surface area (Å²) in [5.74, 6) is -1.07. The fourth-order valence-electron chi connectivity index (χ4n) is 5.21. The fraction of sp³-hybridized carbons (Fsp3) is 0.121. The Morgan fingerprint density at radius 3 is 2.33 bits per heavy atom. The van der Waals surface area contributed by atoms with Crippen molar-refractivity contribution in [2.75, 3.05) is 0 Å². The van der Waals surface area contributed by atoms with Crippen LogP contribution in [0.5, 0.6) is 5.75 Å². The van der Waals surface area contributed by atoms with Crippen LogP contribution in [0.2, 0.25) is 0 Å². The van der Waals surface area contributed by atoms with E-state index in [2.05, 4.69) is 4.98 Å². The van der Waals surface area contributed by atoms with Crippen LogP contribution in [0.3, 0.4) is 0 Å². The van der Waals surface area contributed by atoms with Crippen molar-refractivity contribution in [2.24, 2.45) is 0 Å². The Balaban J connectivity index is 1.46. The molecule has 0 radical (unpaired) electrons. The zero-order valence-electron chi connectivity index (χ0n) is 21.9. The third-order valence-electron chi connectivity index (χ3n) is 7.09. The minimum atomic E-state index is -0.825. The van der Waals surface area contributed by atoms with Gasteiger partial charge >= 0.3 is 0 Å². The molecule has 0 aliphatic carbocycles. The number of hydrogen-bond donors (Lipinski definition) is 1. The molecule has 0 bridgehead atoms. The van der Waals surface area contributed by atoms with Crippen molar-refractivity contribution in [1.82, 2.24) is 14.3 Å². The van der Waals surface area contributed by atoms with Crippen molar-refractivity contribution >= 4 is 23.1 Å². The van der Waals surface area contributed by atoms with E-state index in [9.17, 15) is 14.7 Å². The normalized spacial score (nSPS) is 16.5. The highest BCUT2D eigenvalue weighted by Gasteiger charge is 2.46. The van der Waals surface area contributed by atoms with Crippen molar-refractivity contribution in [3.63, 3.8) is 0 Å². The van der Waals surface area contributed by atoms with E-state index >= 15 is 0 Å². The van der Waals surface area contributed by atoms with E-state index in [1.807, 2.05) is 103 Å². The van der Waals surface area contributed by atoms with Crippen LogP contribution in [-0.2, 0) is 22.7 Å².